The predicted octanol–water partition coefficient (Wildman–Crippen LogP) is 4.29. The molecule has 0 heterocycles. The molecule has 0 amide bonds. The van der Waals surface area contributed by atoms with Crippen LogP contribution < -0.4 is 4.74 Å². The number of rotatable bonds is 4. The first kappa shape index (κ1) is 15.6. The Morgan fingerprint density at radius 1 is 1.05 bits per heavy atom. The summed E-state index contributed by atoms with van der Waals surface area (Å²) in [5, 5.41) is 0. The molecule has 0 saturated carbocycles. The standard InChI is InChI=1S/C20H18O2/c1-15-7-9-17(10-8-15)16(2)5-4-6-20(21)18-11-13-19(22-3)14-12-18/h7-14H,2,5H2,1,3H3. The van der Waals surface area contributed by atoms with Gasteiger partial charge in [-0.3, -0.25) is 4.79 Å². The van der Waals surface area contributed by atoms with Gasteiger partial charge >= 0.3 is 0 Å². The van der Waals surface area contributed by atoms with Gasteiger partial charge in [-0.1, -0.05) is 42.3 Å². The fourth-order valence-electron chi connectivity index (χ4n) is 1.94. The van der Waals surface area contributed by atoms with Gasteiger partial charge in [-0.05, 0) is 48.2 Å². The maximum atomic E-state index is 12.0. The minimum atomic E-state index is -0.195. The maximum Gasteiger partial charge on any atom is 0.235 e. The summed E-state index contributed by atoms with van der Waals surface area (Å²) in [6.45, 7) is 6.06. The van der Waals surface area contributed by atoms with Gasteiger partial charge in [0, 0.05) is 12.0 Å². The Morgan fingerprint density at radius 2 is 1.64 bits per heavy atom. The summed E-state index contributed by atoms with van der Waals surface area (Å²) >= 11 is 0. The fraction of sp³-hybridized carbons (Fsp3) is 0.150. The van der Waals surface area contributed by atoms with Gasteiger partial charge < -0.3 is 4.74 Å². The lowest BCUT2D eigenvalue weighted by molar-refractivity contribution is 0.105. The molecule has 0 atom stereocenters. The van der Waals surface area contributed by atoms with E-state index in [-0.39, 0.29) is 5.78 Å². The lowest BCUT2D eigenvalue weighted by Gasteiger charge is -2.02. The molecule has 2 aromatic carbocycles. The largest absolute Gasteiger partial charge is 0.497 e. The van der Waals surface area contributed by atoms with Crippen molar-refractivity contribution in [2.45, 2.75) is 13.3 Å². The van der Waals surface area contributed by atoms with Crippen molar-refractivity contribution in [1.29, 1.82) is 0 Å². The Balaban J connectivity index is 1.99. The van der Waals surface area contributed by atoms with Gasteiger partial charge in [0.2, 0.25) is 5.78 Å². The first-order valence-corrected chi connectivity index (χ1v) is 7.02. The van der Waals surface area contributed by atoms with Gasteiger partial charge in [0.1, 0.15) is 5.75 Å². The van der Waals surface area contributed by atoms with Crippen molar-refractivity contribution in [1.82, 2.24) is 0 Å². The predicted molar refractivity (Wildman–Crippen MR) is 89.9 cm³/mol. The first-order valence-electron chi connectivity index (χ1n) is 7.02. The number of Topliss-reactive ketones (excluding diaryl/α,β-unsaturated/α-hetero) is 1. The number of allylic oxidation sites excluding steroid dienone is 1. The Morgan fingerprint density at radius 3 is 2.23 bits per heavy atom. The van der Waals surface area contributed by atoms with E-state index in [0.717, 1.165) is 16.9 Å². The van der Waals surface area contributed by atoms with Crippen molar-refractivity contribution in [2.75, 3.05) is 7.11 Å². The SMILES string of the molecule is C=C(CC#CC(=O)c1ccc(OC)cc1)c1ccc(C)cc1. The van der Waals surface area contributed by atoms with Crippen LogP contribution in [0.15, 0.2) is 55.1 Å². The van der Waals surface area contributed by atoms with E-state index in [9.17, 15) is 4.79 Å². The smallest absolute Gasteiger partial charge is 0.235 e. The zero-order valence-electron chi connectivity index (χ0n) is 12.8. The summed E-state index contributed by atoms with van der Waals surface area (Å²) in [7, 11) is 1.59. The minimum Gasteiger partial charge on any atom is -0.497 e. The van der Waals surface area contributed by atoms with Crippen LogP contribution in [0.1, 0.15) is 27.9 Å². The fourth-order valence-corrected chi connectivity index (χ4v) is 1.94. The summed E-state index contributed by atoms with van der Waals surface area (Å²) < 4.78 is 5.06. The molecule has 2 nitrogen and oxygen atoms in total. The highest BCUT2D eigenvalue weighted by Crippen LogP contribution is 2.16. The van der Waals surface area contributed by atoms with Crippen LogP contribution >= 0.6 is 0 Å². The molecule has 0 aliphatic rings. The molecule has 0 spiro atoms. The average molecular weight is 290 g/mol. The van der Waals surface area contributed by atoms with Crippen molar-refractivity contribution in [2.24, 2.45) is 0 Å². The molecule has 110 valence electrons. The van der Waals surface area contributed by atoms with Crippen molar-refractivity contribution < 1.29 is 9.53 Å². The normalized spacial score (nSPS) is 9.55. The van der Waals surface area contributed by atoms with Crippen molar-refractivity contribution >= 4 is 11.4 Å². The molecule has 0 aliphatic carbocycles. The molecule has 0 bridgehead atoms. The summed E-state index contributed by atoms with van der Waals surface area (Å²) in [6, 6.07) is 15.0. The van der Waals surface area contributed by atoms with Crippen molar-refractivity contribution in [3.05, 3.63) is 71.8 Å². The summed E-state index contributed by atoms with van der Waals surface area (Å²) in [4.78, 5) is 12.0. The van der Waals surface area contributed by atoms with Crippen LogP contribution in [-0.2, 0) is 0 Å². The molecule has 0 radical (unpaired) electrons. The van der Waals surface area contributed by atoms with Crippen LogP contribution in [-0.4, -0.2) is 12.9 Å². The molecule has 0 aromatic heterocycles. The average Bonchev–Trinajstić information content (AvgIpc) is 2.55. The maximum absolute atomic E-state index is 12.0. The topological polar surface area (TPSA) is 26.3 Å². The third-order valence-electron chi connectivity index (χ3n) is 3.32. The van der Waals surface area contributed by atoms with Crippen molar-refractivity contribution in [3.8, 4) is 17.6 Å². The van der Waals surface area contributed by atoms with Crippen LogP contribution in [0.5, 0.6) is 5.75 Å². The number of ketones is 1. The van der Waals surface area contributed by atoms with Gasteiger partial charge in [-0.2, -0.15) is 0 Å². The summed E-state index contributed by atoms with van der Waals surface area (Å²) in [5.41, 5.74) is 3.73. The quantitative estimate of drug-likeness (QED) is 0.477. The minimum absolute atomic E-state index is 0.195. The highest BCUT2D eigenvalue weighted by atomic mass is 16.5. The van der Waals surface area contributed by atoms with Gasteiger partial charge in [0.25, 0.3) is 0 Å². The lowest BCUT2D eigenvalue weighted by atomic mass is 10.0. The van der Waals surface area contributed by atoms with Crippen LogP contribution in [0.4, 0.5) is 0 Å². The number of benzene rings is 2. The second-order valence-corrected chi connectivity index (χ2v) is 5.01. The highest BCUT2D eigenvalue weighted by molar-refractivity contribution is 6.09. The van der Waals surface area contributed by atoms with Crippen molar-refractivity contribution in [3.63, 3.8) is 0 Å². The van der Waals surface area contributed by atoms with Gasteiger partial charge in [0.05, 0.1) is 7.11 Å². The molecule has 0 aliphatic heterocycles. The van der Waals surface area contributed by atoms with Gasteiger partial charge in [-0.15, -0.1) is 0 Å². The number of methoxy groups -OCH3 is 1. The molecule has 0 unspecified atom stereocenters. The molecular formula is C20H18O2. The summed E-state index contributed by atoms with van der Waals surface area (Å²) in [5.74, 6) is 6.08. The molecule has 2 aromatic rings. The Kier molecular flexibility index (Phi) is 5.16. The molecule has 2 rings (SSSR count). The number of hydrogen-bond donors (Lipinski definition) is 0. The molecule has 22 heavy (non-hydrogen) atoms. The molecule has 0 saturated heterocycles. The van der Waals surface area contributed by atoms with E-state index < -0.39 is 0 Å². The van der Waals surface area contributed by atoms with E-state index in [1.807, 2.05) is 31.2 Å². The highest BCUT2D eigenvalue weighted by Gasteiger charge is 2.02. The third-order valence-corrected chi connectivity index (χ3v) is 3.32. The number of hydrogen-bond acceptors (Lipinski definition) is 2. The van der Waals surface area contributed by atoms with Crippen LogP contribution in [0.25, 0.3) is 5.57 Å². The number of carbonyl (C=O) groups is 1. The zero-order chi connectivity index (χ0) is 15.9. The first-order chi connectivity index (χ1) is 10.6. The van der Waals surface area contributed by atoms with E-state index in [1.165, 1.54) is 5.56 Å². The number of aryl methyl sites for hydroxylation is 1. The van der Waals surface area contributed by atoms with E-state index in [1.54, 1.807) is 31.4 Å². The summed E-state index contributed by atoms with van der Waals surface area (Å²) in [6.07, 6.45) is 0.477. The number of carbonyl (C=O) groups excluding carboxylic acids is 1. The second-order valence-electron chi connectivity index (χ2n) is 5.01. The Hall–Kier alpha value is -2.79. The molecule has 0 fully saturated rings. The molecule has 0 N–H and O–H groups in total. The van der Waals surface area contributed by atoms with Crippen LogP contribution in [0, 0.1) is 18.8 Å². The zero-order valence-corrected chi connectivity index (χ0v) is 12.8. The van der Waals surface area contributed by atoms with E-state index in [4.69, 9.17) is 4.74 Å². The molecule has 2 heteroatoms. The van der Waals surface area contributed by atoms with Gasteiger partial charge in [0.15, 0.2) is 0 Å². The Labute approximate surface area is 131 Å². The monoisotopic (exact) mass is 290 g/mol. The van der Waals surface area contributed by atoms with Gasteiger partial charge in [-0.25, -0.2) is 0 Å². The molecular weight excluding hydrogens is 272 g/mol. The van der Waals surface area contributed by atoms with E-state index in [0.29, 0.717) is 12.0 Å². The number of ether oxygens (including phenoxy) is 1. The Bertz CT molecular complexity index is 726. The van der Waals surface area contributed by atoms with E-state index >= 15 is 0 Å². The third kappa shape index (κ3) is 4.10. The van der Waals surface area contributed by atoms with E-state index in [2.05, 4.69) is 18.4 Å². The van der Waals surface area contributed by atoms with Crippen LogP contribution in [0.3, 0.4) is 0 Å². The second kappa shape index (κ2) is 7.28. The van der Waals surface area contributed by atoms with Crippen LogP contribution in [0.2, 0.25) is 0 Å². The lowest BCUT2D eigenvalue weighted by Crippen LogP contribution is -1.95.